The summed E-state index contributed by atoms with van der Waals surface area (Å²) in [4.78, 5) is 0. The fourth-order valence-electron chi connectivity index (χ4n) is 3.82. The van der Waals surface area contributed by atoms with Crippen LogP contribution in [0.3, 0.4) is 0 Å². The summed E-state index contributed by atoms with van der Waals surface area (Å²) in [5, 5.41) is 2.75. The van der Waals surface area contributed by atoms with Gasteiger partial charge in [-0.2, -0.15) is 0 Å². The molecule has 4 rings (SSSR count). The zero-order chi connectivity index (χ0) is 29.2. The van der Waals surface area contributed by atoms with Crippen LogP contribution in [0.25, 0.3) is 21.8 Å². The summed E-state index contributed by atoms with van der Waals surface area (Å²) in [5.41, 5.74) is 11.9. The van der Waals surface area contributed by atoms with E-state index in [4.69, 9.17) is 13.2 Å². The smallest absolute Gasteiger partial charge is 0.391 e. The Hall–Kier alpha value is -2.35. The molecule has 2 nitrogen and oxygen atoms in total. The van der Waals surface area contributed by atoms with Crippen molar-refractivity contribution in [2.75, 3.05) is 0 Å². The summed E-state index contributed by atoms with van der Waals surface area (Å²) >= 11 is 0. The van der Waals surface area contributed by atoms with Crippen LogP contribution in [0.2, 0.25) is 0 Å². The summed E-state index contributed by atoms with van der Waals surface area (Å²) < 4.78 is 4.48. The molecule has 0 N–H and O–H groups in total. The van der Waals surface area contributed by atoms with Crippen molar-refractivity contribution >= 4 is 21.8 Å². The van der Waals surface area contributed by atoms with Crippen LogP contribution in [-0.2, 0) is 51.2 Å². The van der Waals surface area contributed by atoms with Crippen molar-refractivity contribution in [1.82, 2.24) is 9.13 Å². The van der Waals surface area contributed by atoms with E-state index in [9.17, 15) is 0 Å². The van der Waals surface area contributed by atoms with Crippen molar-refractivity contribution in [3.05, 3.63) is 119 Å². The van der Waals surface area contributed by atoms with Crippen molar-refractivity contribution in [2.45, 2.75) is 69.2 Å². The third kappa shape index (κ3) is 10.6. The molecule has 2 aromatic heterocycles. The van der Waals surface area contributed by atoms with E-state index in [0.717, 1.165) is 22.3 Å². The quantitative estimate of drug-likeness (QED) is 0.158. The molecule has 4 aromatic rings. The summed E-state index contributed by atoms with van der Waals surface area (Å²) in [6.07, 6.45) is 5.84. The van der Waals surface area contributed by atoms with Crippen LogP contribution in [0, 0.1) is 53.0 Å². The maximum Gasteiger partial charge on any atom is 2.00 e. The molecule has 0 aliphatic heterocycles. The first-order chi connectivity index (χ1) is 17.8. The van der Waals surface area contributed by atoms with Crippen LogP contribution >= 0.6 is 0 Å². The number of hydrogen-bond donors (Lipinski definition) is 0. The maximum atomic E-state index is 5.36. The standard InChI is InChI=1S/2C11H13N.2C7H10.2V/c2*1-8-9(2)12(3)11-7-5-4-6-10(8)11;2*1-5-7(4)6(2)3;;/h2*4-7H,1-3H3;2*2H,1,3-4H3;;/q;;2*-2;2*+2. The summed E-state index contributed by atoms with van der Waals surface area (Å²) in [6.45, 7) is 30.7. The molecule has 0 spiro atoms. The van der Waals surface area contributed by atoms with Gasteiger partial charge in [0, 0.05) is 47.3 Å². The van der Waals surface area contributed by atoms with Crippen molar-refractivity contribution in [1.29, 1.82) is 0 Å². The Kier molecular flexibility index (Phi) is 18.8. The van der Waals surface area contributed by atoms with E-state index in [1.165, 1.54) is 44.3 Å². The number of benzene rings is 2. The Morgan fingerprint density at radius 2 is 0.850 bits per heavy atom. The molecule has 0 atom stereocenters. The van der Waals surface area contributed by atoms with Crippen LogP contribution in [-0.4, -0.2) is 9.13 Å². The molecule has 0 amide bonds. The zero-order valence-corrected chi connectivity index (χ0v) is 29.4. The molecule has 0 aliphatic carbocycles. The second kappa shape index (κ2) is 18.9. The minimum absolute atomic E-state index is 0. The normalized spacial score (nSPS) is 10.6. The van der Waals surface area contributed by atoms with Crippen molar-refractivity contribution < 1.29 is 37.1 Å². The van der Waals surface area contributed by atoms with Gasteiger partial charge >= 0.3 is 37.1 Å². The third-order valence-electron chi connectivity index (χ3n) is 7.36. The monoisotopic (exact) mass is 608 g/mol. The van der Waals surface area contributed by atoms with E-state index in [1.807, 2.05) is 41.5 Å². The predicted molar refractivity (Wildman–Crippen MR) is 168 cm³/mol. The molecule has 0 aliphatic rings. The molecule has 0 saturated carbocycles. The Bertz CT molecular complexity index is 1270. The first-order valence-corrected chi connectivity index (χ1v) is 13.0. The Morgan fingerprint density at radius 1 is 0.575 bits per heavy atom. The van der Waals surface area contributed by atoms with Crippen molar-refractivity contribution in [3.8, 4) is 0 Å². The number of para-hydroxylation sites is 2. The van der Waals surface area contributed by atoms with Crippen LogP contribution in [0.5, 0.6) is 0 Å². The van der Waals surface area contributed by atoms with Gasteiger partial charge in [-0.3, -0.25) is 0 Å². The summed E-state index contributed by atoms with van der Waals surface area (Å²) in [6, 6.07) is 17.0. The molecule has 2 radical (unpaired) electrons. The Balaban J connectivity index is 0. The summed E-state index contributed by atoms with van der Waals surface area (Å²) in [7, 11) is 4.23. The molecular formula is C36H46N2V2. The molecule has 4 heteroatoms. The summed E-state index contributed by atoms with van der Waals surface area (Å²) in [5.74, 6) is 0. The Labute approximate surface area is 268 Å². The van der Waals surface area contributed by atoms with Gasteiger partial charge in [-0.25, -0.2) is 0 Å². The second-order valence-corrected chi connectivity index (χ2v) is 9.69. The minimum Gasteiger partial charge on any atom is -0.391 e. The van der Waals surface area contributed by atoms with Crippen LogP contribution in [0.4, 0.5) is 0 Å². The van der Waals surface area contributed by atoms with Gasteiger partial charge in [0.2, 0.25) is 0 Å². The maximum absolute atomic E-state index is 5.36. The molecule has 2 aromatic carbocycles. The Morgan fingerprint density at radius 3 is 1.05 bits per heavy atom. The van der Waals surface area contributed by atoms with Gasteiger partial charge in [-0.05, 0) is 51.0 Å². The van der Waals surface area contributed by atoms with Gasteiger partial charge in [-0.1, -0.05) is 36.4 Å². The molecule has 0 fully saturated rings. The SMILES string of the molecule is Cc1c(C)n(C)c2ccccc12.Cc1c(C)n(C)c2ccccc12.[CH-]=C(C)C(C)=[C-]C.[CH-]=C(C)C(C)=[C-]C.[V+2].[V+2]. The van der Waals surface area contributed by atoms with Gasteiger partial charge in [0.25, 0.3) is 0 Å². The van der Waals surface area contributed by atoms with Gasteiger partial charge < -0.3 is 56.7 Å². The van der Waals surface area contributed by atoms with Crippen molar-refractivity contribution in [3.63, 3.8) is 0 Å². The number of aryl methyl sites for hydroxylation is 4. The molecule has 0 saturated heterocycles. The first kappa shape index (κ1) is 39.8. The number of hydrogen-bond acceptors (Lipinski definition) is 0. The number of rotatable bonds is 2. The fraction of sp³-hybridized carbons (Fsp3) is 0.333. The second-order valence-electron chi connectivity index (χ2n) is 9.69. The van der Waals surface area contributed by atoms with Gasteiger partial charge in [-0.15, -0.1) is 41.5 Å². The van der Waals surface area contributed by atoms with E-state index in [0.29, 0.717) is 0 Å². The number of aromatic nitrogens is 2. The largest absolute Gasteiger partial charge is 2.00 e. The van der Waals surface area contributed by atoms with Crippen molar-refractivity contribution in [2.24, 2.45) is 14.1 Å². The van der Waals surface area contributed by atoms with E-state index in [1.54, 1.807) is 0 Å². The fourth-order valence-corrected chi connectivity index (χ4v) is 3.82. The number of fused-ring (bicyclic) bond motifs is 2. The van der Waals surface area contributed by atoms with E-state index >= 15 is 0 Å². The molecule has 0 unspecified atom stereocenters. The third-order valence-corrected chi connectivity index (χ3v) is 7.36. The predicted octanol–water partition coefficient (Wildman–Crippen LogP) is 9.86. The first-order valence-electron chi connectivity index (χ1n) is 13.0. The van der Waals surface area contributed by atoms with Crippen LogP contribution < -0.4 is 0 Å². The van der Waals surface area contributed by atoms with Gasteiger partial charge in [0.05, 0.1) is 0 Å². The zero-order valence-electron chi connectivity index (χ0n) is 26.6. The van der Waals surface area contributed by atoms with Crippen LogP contribution in [0.1, 0.15) is 64.1 Å². The molecule has 210 valence electrons. The van der Waals surface area contributed by atoms with Gasteiger partial charge in [0.15, 0.2) is 0 Å². The molecular weight excluding hydrogens is 562 g/mol. The molecule has 40 heavy (non-hydrogen) atoms. The molecule has 0 bridgehead atoms. The average Bonchev–Trinajstić information content (AvgIpc) is 3.28. The van der Waals surface area contributed by atoms with Gasteiger partial charge in [0.1, 0.15) is 0 Å². The van der Waals surface area contributed by atoms with E-state index in [2.05, 4.69) is 112 Å². The van der Waals surface area contributed by atoms with Crippen LogP contribution in [0.15, 0.2) is 70.8 Å². The number of nitrogens with zero attached hydrogens (tertiary/aromatic N) is 2. The average molecular weight is 609 g/mol. The van der Waals surface area contributed by atoms with E-state index < -0.39 is 0 Å². The van der Waals surface area contributed by atoms with E-state index in [-0.39, 0.29) is 37.1 Å². The topological polar surface area (TPSA) is 9.86 Å². The minimum atomic E-state index is 0. The number of allylic oxidation sites excluding steroid dienone is 6. The molecule has 2 heterocycles.